The minimum atomic E-state index is -1.02. The molecule has 0 aromatic heterocycles. The van der Waals surface area contributed by atoms with Gasteiger partial charge in [-0.3, -0.25) is 0 Å². The number of hydrogen-bond donors (Lipinski definition) is 1. The molecule has 136 valence electrons. The summed E-state index contributed by atoms with van der Waals surface area (Å²) in [6.45, 7) is 6.31. The Hall–Kier alpha value is -1.65. The number of rotatable bonds is 2. The van der Waals surface area contributed by atoms with Gasteiger partial charge in [0.25, 0.3) is 0 Å². The van der Waals surface area contributed by atoms with E-state index in [4.69, 9.17) is 10.00 Å². The minimum absolute atomic E-state index is 0.102. The monoisotopic (exact) mass is 412 g/mol. The maximum Gasteiger partial charge on any atom is 0.410 e. The van der Waals surface area contributed by atoms with Gasteiger partial charge in [-0.2, -0.15) is 5.26 Å². The smallest absolute Gasteiger partial charge is 0.410 e. The Balaban J connectivity index is 2.05. The number of nitriles is 1. The van der Waals surface area contributed by atoms with E-state index in [2.05, 4.69) is 15.9 Å². The van der Waals surface area contributed by atoms with E-state index in [0.717, 1.165) is 0 Å². The number of carbonyl (C=O) groups is 1. The molecule has 5 nitrogen and oxygen atoms in total. The van der Waals surface area contributed by atoms with E-state index >= 15 is 0 Å². The molecule has 0 radical (unpaired) electrons. The van der Waals surface area contributed by atoms with Crippen molar-refractivity contribution in [3.05, 3.63) is 33.5 Å². The van der Waals surface area contributed by atoms with Crippen molar-refractivity contribution in [2.75, 3.05) is 13.1 Å². The number of amides is 1. The lowest BCUT2D eigenvalue weighted by Crippen LogP contribution is -2.42. The molecular weight excluding hydrogens is 391 g/mol. The lowest BCUT2D eigenvalue weighted by atomic mass is 9.87. The lowest BCUT2D eigenvalue weighted by Gasteiger charge is -2.35. The highest BCUT2D eigenvalue weighted by Crippen LogP contribution is 2.34. The molecule has 1 heterocycles. The van der Waals surface area contributed by atoms with Gasteiger partial charge in [0, 0.05) is 23.1 Å². The van der Waals surface area contributed by atoms with Crippen molar-refractivity contribution < 1.29 is 19.0 Å². The van der Waals surface area contributed by atoms with Gasteiger partial charge >= 0.3 is 6.09 Å². The zero-order chi connectivity index (χ0) is 18.8. The van der Waals surface area contributed by atoms with Gasteiger partial charge in [0.15, 0.2) is 0 Å². The van der Waals surface area contributed by atoms with E-state index in [0.29, 0.717) is 30.4 Å². The van der Waals surface area contributed by atoms with Crippen LogP contribution in [0.3, 0.4) is 0 Å². The molecule has 1 unspecified atom stereocenters. The van der Waals surface area contributed by atoms with Gasteiger partial charge in [-0.25, -0.2) is 9.18 Å². The number of aliphatic hydroxyl groups is 1. The Labute approximate surface area is 155 Å². The summed E-state index contributed by atoms with van der Waals surface area (Å²) in [5.74, 6) is -0.873. The fourth-order valence-corrected chi connectivity index (χ4v) is 3.36. The highest BCUT2D eigenvalue weighted by Gasteiger charge is 2.32. The van der Waals surface area contributed by atoms with Crippen LogP contribution in [0.2, 0.25) is 0 Å². The van der Waals surface area contributed by atoms with Crippen LogP contribution in [0.15, 0.2) is 16.6 Å². The fraction of sp³-hybridized carbons (Fsp3) is 0.556. The SMILES string of the molecule is CC(C)(C)OC(=O)N1CCC(C(O)c2cc(Br)cc(C#N)c2F)CC1. The molecule has 1 atom stereocenters. The highest BCUT2D eigenvalue weighted by atomic mass is 79.9. The van der Waals surface area contributed by atoms with Gasteiger partial charge < -0.3 is 14.7 Å². The zero-order valence-electron chi connectivity index (χ0n) is 14.6. The molecule has 1 aliphatic heterocycles. The van der Waals surface area contributed by atoms with Crippen molar-refractivity contribution in [3.63, 3.8) is 0 Å². The Kier molecular flexibility index (Phi) is 6.07. The number of nitrogens with zero attached hydrogens (tertiary/aromatic N) is 2. The average Bonchev–Trinajstić information content (AvgIpc) is 2.54. The normalized spacial score (nSPS) is 17.1. The van der Waals surface area contributed by atoms with Crippen molar-refractivity contribution in [2.45, 2.75) is 45.3 Å². The Morgan fingerprint density at radius 1 is 1.44 bits per heavy atom. The molecule has 1 amide bonds. The predicted octanol–water partition coefficient (Wildman–Crippen LogP) is 4.14. The van der Waals surface area contributed by atoms with Crippen LogP contribution in [-0.4, -0.2) is 34.8 Å². The number of carbonyl (C=O) groups excluding carboxylic acids is 1. The van der Waals surface area contributed by atoms with Crippen LogP contribution in [0.5, 0.6) is 0 Å². The number of aliphatic hydroxyl groups excluding tert-OH is 1. The molecule has 1 aromatic rings. The number of ether oxygens (including phenoxy) is 1. The first-order valence-electron chi connectivity index (χ1n) is 8.17. The number of hydrogen-bond acceptors (Lipinski definition) is 4. The summed E-state index contributed by atoms with van der Waals surface area (Å²) in [6, 6.07) is 4.68. The van der Waals surface area contributed by atoms with Gasteiger partial charge in [0.1, 0.15) is 17.5 Å². The van der Waals surface area contributed by atoms with Crippen molar-refractivity contribution in [1.29, 1.82) is 5.26 Å². The van der Waals surface area contributed by atoms with Crippen molar-refractivity contribution in [3.8, 4) is 6.07 Å². The van der Waals surface area contributed by atoms with Crippen LogP contribution in [0, 0.1) is 23.1 Å². The number of piperidine rings is 1. The molecule has 7 heteroatoms. The van der Waals surface area contributed by atoms with Gasteiger partial charge in [0.05, 0.1) is 11.7 Å². The van der Waals surface area contributed by atoms with Crippen LogP contribution < -0.4 is 0 Å². The van der Waals surface area contributed by atoms with Crippen molar-refractivity contribution >= 4 is 22.0 Å². The molecule has 0 saturated carbocycles. The van der Waals surface area contributed by atoms with Crippen LogP contribution in [0.25, 0.3) is 0 Å². The van der Waals surface area contributed by atoms with Gasteiger partial charge in [-0.05, 0) is 51.7 Å². The first-order chi connectivity index (χ1) is 11.6. The van der Waals surface area contributed by atoms with E-state index in [-0.39, 0.29) is 23.1 Å². The summed E-state index contributed by atoms with van der Waals surface area (Å²) in [7, 11) is 0. The Bertz CT molecular complexity index is 689. The standard InChI is InChI=1S/C18H22BrFN2O3/c1-18(2,3)25-17(24)22-6-4-11(5-7-22)16(23)14-9-13(19)8-12(10-21)15(14)20/h8-9,11,16,23H,4-7H2,1-3H3. The second-order valence-corrected chi connectivity index (χ2v) is 8.13. The van der Waals surface area contributed by atoms with E-state index in [1.807, 2.05) is 20.8 Å². The zero-order valence-corrected chi connectivity index (χ0v) is 16.1. The minimum Gasteiger partial charge on any atom is -0.444 e. The molecule has 25 heavy (non-hydrogen) atoms. The Morgan fingerprint density at radius 3 is 2.56 bits per heavy atom. The number of likely N-dealkylation sites (tertiary alicyclic amines) is 1. The Morgan fingerprint density at radius 2 is 2.04 bits per heavy atom. The molecular formula is C18H22BrFN2O3. The summed E-state index contributed by atoms with van der Waals surface area (Å²) in [5.41, 5.74) is -0.545. The number of benzene rings is 1. The summed E-state index contributed by atoms with van der Waals surface area (Å²) >= 11 is 3.24. The van der Waals surface area contributed by atoms with Crippen LogP contribution >= 0.6 is 15.9 Å². The maximum absolute atomic E-state index is 14.4. The fourth-order valence-electron chi connectivity index (χ4n) is 2.89. The molecule has 1 aliphatic rings. The maximum atomic E-state index is 14.4. The lowest BCUT2D eigenvalue weighted by molar-refractivity contribution is 0.00720. The summed E-state index contributed by atoms with van der Waals surface area (Å²) in [5, 5.41) is 19.6. The largest absolute Gasteiger partial charge is 0.444 e. The third-order valence-corrected chi connectivity index (χ3v) is 4.60. The third kappa shape index (κ3) is 4.93. The molecule has 1 N–H and O–H groups in total. The van der Waals surface area contributed by atoms with Crippen molar-refractivity contribution in [2.24, 2.45) is 5.92 Å². The van der Waals surface area contributed by atoms with E-state index in [9.17, 15) is 14.3 Å². The van der Waals surface area contributed by atoms with E-state index < -0.39 is 17.5 Å². The van der Waals surface area contributed by atoms with Crippen molar-refractivity contribution in [1.82, 2.24) is 4.90 Å². The predicted molar refractivity (Wildman–Crippen MR) is 94.3 cm³/mol. The quantitative estimate of drug-likeness (QED) is 0.791. The second-order valence-electron chi connectivity index (χ2n) is 7.22. The molecule has 0 bridgehead atoms. The summed E-state index contributed by atoms with van der Waals surface area (Å²) in [6.07, 6.45) is -0.325. The van der Waals surface area contributed by atoms with Gasteiger partial charge in [0.2, 0.25) is 0 Å². The summed E-state index contributed by atoms with van der Waals surface area (Å²) in [4.78, 5) is 13.7. The van der Waals surface area contributed by atoms with E-state index in [1.165, 1.54) is 12.1 Å². The topological polar surface area (TPSA) is 73.6 Å². The van der Waals surface area contributed by atoms with Gasteiger partial charge in [-0.15, -0.1) is 0 Å². The van der Waals surface area contributed by atoms with E-state index in [1.54, 1.807) is 11.0 Å². The highest BCUT2D eigenvalue weighted by molar-refractivity contribution is 9.10. The molecule has 1 aromatic carbocycles. The first kappa shape index (κ1) is 19.7. The molecule has 0 spiro atoms. The first-order valence-corrected chi connectivity index (χ1v) is 8.96. The second kappa shape index (κ2) is 7.71. The average molecular weight is 413 g/mol. The molecule has 0 aliphatic carbocycles. The van der Waals surface area contributed by atoms with Gasteiger partial charge in [-0.1, -0.05) is 15.9 Å². The molecule has 1 saturated heterocycles. The molecule has 1 fully saturated rings. The van der Waals surface area contributed by atoms with Crippen LogP contribution in [0.1, 0.15) is 50.8 Å². The van der Waals surface area contributed by atoms with Crippen LogP contribution in [-0.2, 0) is 4.74 Å². The third-order valence-electron chi connectivity index (χ3n) is 4.14. The molecule has 2 rings (SSSR count). The number of halogens is 2. The summed E-state index contributed by atoms with van der Waals surface area (Å²) < 4.78 is 20.3. The van der Waals surface area contributed by atoms with Crippen LogP contribution in [0.4, 0.5) is 9.18 Å².